The van der Waals surface area contributed by atoms with Gasteiger partial charge >= 0.3 is 0 Å². The zero-order chi connectivity index (χ0) is 9.83. The Morgan fingerprint density at radius 1 is 0.917 bits per heavy atom. The Bertz CT molecular complexity index is 115. The Balaban J connectivity index is 4.38. The minimum Gasteiger partial charge on any atom is -0.389 e. The number of hydrogen-bond acceptors (Lipinski definition) is 1. The quantitative estimate of drug-likeness (QED) is 0.689. The number of hydrogen-bond donors (Lipinski definition) is 1. The average Bonchev–Trinajstić information content (AvgIpc) is 1.86. The van der Waals surface area contributed by atoms with Crippen molar-refractivity contribution in [2.45, 2.75) is 65.9 Å². The molecule has 0 bridgehead atoms. The van der Waals surface area contributed by atoms with Gasteiger partial charge in [0.2, 0.25) is 0 Å². The molecule has 0 saturated heterocycles. The third-order valence-corrected chi connectivity index (χ3v) is 2.72. The summed E-state index contributed by atoms with van der Waals surface area (Å²) in [6.45, 7) is 10.6. The highest BCUT2D eigenvalue weighted by Crippen LogP contribution is 2.37. The maximum Gasteiger partial charge on any atom is 0.0695 e. The average molecular weight is 172 g/mol. The van der Waals surface area contributed by atoms with Crippen LogP contribution in [0.25, 0.3) is 0 Å². The topological polar surface area (TPSA) is 20.2 Å². The van der Waals surface area contributed by atoms with Gasteiger partial charge in [-0.2, -0.15) is 0 Å². The lowest BCUT2D eigenvalue weighted by Gasteiger charge is -2.40. The fourth-order valence-corrected chi connectivity index (χ4v) is 1.70. The lowest BCUT2D eigenvalue weighted by atomic mass is 9.71. The van der Waals surface area contributed by atoms with Gasteiger partial charge in [0.05, 0.1) is 5.60 Å². The second-order valence-corrected chi connectivity index (χ2v) is 4.78. The van der Waals surface area contributed by atoms with Crippen molar-refractivity contribution in [3.63, 3.8) is 0 Å². The third kappa shape index (κ3) is 2.78. The number of aliphatic hydroxyl groups is 1. The van der Waals surface area contributed by atoms with Crippen molar-refractivity contribution in [2.75, 3.05) is 0 Å². The molecule has 0 fully saturated rings. The fraction of sp³-hybridized carbons (Fsp3) is 1.00. The highest BCUT2D eigenvalue weighted by Gasteiger charge is 2.37. The van der Waals surface area contributed by atoms with Crippen molar-refractivity contribution < 1.29 is 5.11 Å². The summed E-state index contributed by atoms with van der Waals surface area (Å²) < 4.78 is 0. The Labute approximate surface area is 77.2 Å². The Morgan fingerprint density at radius 2 is 1.25 bits per heavy atom. The van der Waals surface area contributed by atoms with E-state index in [1.54, 1.807) is 0 Å². The zero-order valence-corrected chi connectivity index (χ0v) is 9.28. The van der Waals surface area contributed by atoms with Gasteiger partial charge in [-0.15, -0.1) is 0 Å². The summed E-state index contributed by atoms with van der Waals surface area (Å²) in [6.07, 6.45) is 3.97. The predicted octanol–water partition coefficient (Wildman–Crippen LogP) is 3.36. The van der Waals surface area contributed by atoms with Gasteiger partial charge in [-0.1, -0.05) is 47.5 Å². The Morgan fingerprint density at radius 3 is 1.42 bits per heavy atom. The van der Waals surface area contributed by atoms with Gasteiger partial charge in [0, 0.05) is 0 Å². The fourth-order valence-electron chi connectivity index (χ4n) is 1.70. The van der Waals surface area contributed by atoms with Crippen LogP contribution in [0.15, 0.2) is 0 Å². The molecule has 1 N–H and O–H groups in total. The maximum absolute atomic E-state index is 10.3. The third-order valence-electron chi connectivity index (χ3n) is 2.72. The molecule has 0 rings (SSSR count). The summed E-state index contributed by atoms with van der Waals surface area (Å²) in [6, 6.07) is 0. The van der Waals surface area contributed by atoms with E-state index in [1.807, 2.05) is 0 Å². The maximum atomic E-state index is 10.3. The highest BCUT2D eigenvalue weighted by atomic mass is 16.3. The molecule has 12 heavy (non-hydrogen) atoms. The second kappa shape index (κ2) is 4.27. The molecule has 0 saturated carbocycles. The lowest BCUT2D eigenvalue weighted by Crippen LogP contribution is -2.42. The molecule has 0 aromatic heterocycles. The van der Waals surface area contributed by atoms with Crippen molar-refractivity contribution >= 4 is 0 Å². The molecule has 0 spiro atoms. The molecule has 0 aliphatic carbocycles. The summed E-state index contributed by atoms with van der Waals surface area (Å²) in [4.78, 5) is 0. The zero-order valence-electron chi connectivity index (χ0n) is 9.28. The molecule has 0 aliphatic heterocycles. The van der Waals surface area contributed by atoms with E-state index in [-0.39, 0.29) is 5.41 Å². The van der Waals surface area contributed by atoms with Gasteiger partial charge in [-0.3, -0.25) is 0 Å². The van der Waals surface area contributed by atoms with Gasteiger partial charge in [0.15, 0.2) is 0 Å². The van der Waals surface area contributed by atoms with E-state index in [0.29, 0.717) is 0 Å². The highest BCUT2D eigenvalue weighted by molar-refractivity contribution is 4.89. The second-order valence-electron chi connectivity index (χ2n) is 4.78. The monoisotopic (exact) mass is 172 g/mol. The van der Waals surface area contributed by atoms with Crippen LogP contribution >= 0.6 is 0 Å². The van der Waals surface area contributed by atoms with Gasteiger partial charge in [-0.25, -0.2) is 0 Å². The molecule has 0 unspecified atom stereocenters. The van der Waals surface area contributed by atoms with E-state index in [2.05, 4.69) is 34.6 Å². The summed E-state index contributed by atoms with van der Waals surface area (Å²) in [5.74, 6) is 0. The van der Waals surface area contributed by atoms with Gasteiger partial charge < -0.3 is 5.11 Å². The first-order valence-electron chi connectivity index (χ1n) is 5.09. The van der Waals surface area contributed by atoms with E-state index < -0.39 is 5.60 Å². The molecule has 0 heterocycles. The molecule has 0 atom stereocenters. The predicted molar refractivity (Wildman–Crippen MR) is 54.2 cm³/mol. The van der Waals surface area contributed by atoms with E-state index in [9.17, 15) is 5.11 Å². The molecule has 0 radical (unpaired) electrons. The first-order valence-corrected chi connectivity index (χ1v) is 5.09. The van der Waals surface area contributed by atoms with E-state index >= 15 is 0 Å². The summed E-state index contributed by atoms with van der Waals surface area (Å²) >= 11 is 0. The van der Waals surface area contributed by atoms with Gasteiger partial charge in [-0.05, 0) is 18.3 Å². The largest absolute Gasteiger partial charge is 0.389 e. The first kappa shape index (κ1) is 12.0. The van der Waals surface area contributed by atoms with Crippen molar-refractivity contribution in [3.8, 4) is 0 Å². The van der Waals surface area contributed by atoms with Crippen molar-refractivity contribution in [1.82, 2.24) is 0 Å². The van der Waals surface area contributed by atoms with Crippen LogP contribution in [-0.4, -0.2) is 10.7 Å². The summed E-state index contributed by atoms with van der Waals surface area (Å²) in [5, 5.41) is 10.3. The minimum atomic E-state index is -0.462. The van der Waals surface area contributed by atoms with Crippen LogP contribution in [0.3, 0.4) is 0 Å². The molecule has 1 nitrogen and oxygen atoms in total. The summed E-state index contributed by atoms with van der Waals surface area (Å²) in [5.41, 5.74) is -0.449. The van der Waals surface area contributed by atoms with Crippen molar-refractivity contribution in [1.29, 1.82) is 0 Å². The molecule has 74 valence electrons. The first-order chi connectivity index (χ1) is 5.37. The van der Waals surface area contributed by atoms with E-state index in [0.717, 1.165) is 25.7 Å². The minimum absolute atomic E-state index is 0.0129. The van der Waals surface area contributed by atoms with Crippen LogP contribution in [-0.2, 0) is 0 Å². The summed E-state index contributed by atoms with van der Waals surface area (Å²) in [7, 11) is 0. The van der Waals surface area contributed by atoms with Crippen LogP contribution < -0.4 is 0 Å². The molecule has 0 aromatic carbocycles. The normalized spacial score (nSPS) is 13.5. The molecule has 0 amide bonds. The number of rotatable bonds is 4. The molecule has 1 heteroatoms. The molecular weight excluding hydrogens is 148 g/mol. The van der Waals surface area contributed by atoms with Crippen LogP contribution in [0.4, 0.5) is 0 Å². The van der Waals surface area contributed by atoms with Crippen LogP contribution in [0.1, 0.15) is 60.3 Å². The molecular formula is C11H24O. The molecule has 0 aromatic rings. The van der Waals surface area contributed by atoms with Crippen LogP contribution in [0, 0.1) is 5.41 Å². The smallest absolute Gasteiger partial charge is 0.0695 e. The van der Waals surface area contributed by atoms with Gasteiger partial charge in [0.1, 0.15) is 0 Å². The van der Waals surface area contributed by atoms with Crippen molar-refractivity contribution in [3.05, 3.63) is 0 Å². The Kier molecular flexibility index (Phi) is 4.25. The molecule has 0 aliphatic rings. The van der Waals surface area contributed by atoms with E-state index in [4.69, 9.17) is 0 Å². The lowest BCUT2D eigenvalue weighted by molar-refractivity contribution is -0.0719. The SMILES string of the molecule is CCCC(O)(CCC)C(C)(C)C. The Hall–Kier alpha value is -0.0400. The van der Waals surface area contributed by atoms with Crippen LogP contribution in [0.2, 0.25) is 0 Å². The standard InChI is InChI=1S/C11H24O/c1-6-8-11(12,9-7-2)10(3,4)5/h12H,6-9H2,1-5H3. The van der Waals surface area contributed by atoms with Crippen molar-refractivity contribution in [2.24, 2.45) is 5.41 Å². The van der Waals surface area contributed by atoms with Gasteiger partial charge in [0.25, 0.3) is 0 Å². The van der Waals surface area contributed by atoms with E-state index in [1.165, 1.54) is 0 Å². The van der Waals surface area contributed by atoms with Crippen LogP contribution in [0.5, 0.6) is 0 Å².